The molecule has 0 fully saturated rings. The lowest BCUT2D eigenvalue weighted by Gasteiger charge is -2.15. The number of hydrogen-bond acceptors (Lipinski definition) is 2. The first-order valence-corrected chi connectivity index (χ1v) is 6.52. The predicted molar refractivity (Wildman–Crippen MR) is 73.9 cm³/mol. The number of benzene rings is 1. The van der Waals surface area contributed by atoms with Crippen LogP contribution in [-0.2, 0) is 0 Å². The van der Waals surface area contributed by atoms with Gasteiger partial charge in [-0.3, -0.25) is 0 Å². The average molecular weight is 256 g/mol. The van der Waals surface area contributed by atoms with E-state index >= 15 is 0 Å². The summed E-state index contributed by atoms with van der Waals surface area (Å²) in [5, 5.41) is 0.746. The van der Waals surface area contributed by atoms with Crippen LogP contribution in [0.15, 0.2) is 24.3 Å². The monoisotopic (exact) mass is 255 g/mol. The van der Waals surface area contributed by atoms with Gasteiger partial charge in [0, 0.05) is 5.02 Å². The van der Waals surface area contributed by atoms with Crippen molar-refractivity contribution >= 4 is 11.6 Å². The maximum absolute atomic E-state index is 5.82. The summed E-state index contributed by atoms with van der Waals surface area (Å²) in [5.74, 6) is 0.898. The van der Waals surface area contributed by atoms with Crippen molar-refractivity contribution in [1.82, 2.24) is 4.90 Å². The summed E-state index contributed by atoms with van der Waals surface area (Å²) >= 11 is 5.82. The maximum atomic E-state index is 5.82. The zero-order valence-electron chi connectivity index (χ0n) is 10.9. The van der Waals surface area contributed by atoms with Crippen molar-refractivity contribution in [3.8, 4) is 5.75 Å². The fourth-order valence-electron chi connectivity index (χ4n) is 1.66. The van der Waals surface area contributed by atoms with E-state index in [2.05, 4.69) is 25.9 Å². The standard InChI is InChI=1S/C14H22ClNO/c1-12(6-4-5-11-16(2)3)17-14-9-7-13(15)8-10-14/h7-10,12H,4-6,11H2,1-3H3. The molecule has 0 saturated carbocycles. The highest BCUT2D eigenvalue weighted by Gasteiger charge is 2.04. The Hall–Kier alpha value is -0.730. The quantitative estimate of drug-likeness (QED) is 0.687. The van der Waals surface area contributed by atoms with Gasteiger partial charge >= 0.3 is 0 Å². The third-order valence-electron chi connectivity index (χ3n) is 2.62. The maximum Gasteiger partial charge on any atom is 0.119 e. The molecule has 0 heterocycles. The van der Waals surface area contributed by atoms with Crippen LogP contribution in [0.25, 0.3) is 0 Å². The van der Waals surface area contributed by atoms with Crippen LogP contribution in [0.5, 0.6) is 5.75 Å². The van der Waals surface area contributed by atoms with Gasteiger partial charge in [-0.05, 0) is 71.1 Å². The van der Waals surface area contributed by atoms with Gasteiger partial charge in [0.25, 0.3) is 0 Å². The molecule has 0 spiro atoms. The third kappa shape index (κ3) is 6.54. The molecule has 0 amide bonds. The van der Waals surface area contributed by atoms with Gasteiger partial charge in [-0.15, -0.1) is 0 Å². The minimum Gasteiger partial charge on any atom is -0.491 e. The van der Waals surface area contributed by atoms with Gasteiger partial charge in [0.1, 0.15) is 5.75 Å². The highest BCUT2D eigenvalue weighted by atomic mass is 35.5. The second-order valence-corrected chi connectivity index (χ2v) is 5.12. The molecule has 0 aliphatic heterocycles. The van der Waals surface area contributed by atoms with E-state index in [1.807, 2.05) is 24.3 Å². The van der Waals surface area contributed by atoms with Crippen molar-refractivity contribution < 1.29 is 4.74 Å². The van der Waals surface area contributed by atoms with Gasteiger partial charge in [0.15, 0.2) is 0 Å². The fourth-order valence-corrected chi connectivity index (χ4v) is 1.79. The molecular formula is C14H22ClNO. The van der Waals surface area contributed by atoms with Crippen LogP contribution in [0.2, 0.25) is 5.02 Å². The van der Waals surface area contributed by atoms with E-state index in [0.717, 1.165) is 23.7 Å². The van der Waals surface area contributed by atoms with E-state index in [1.54, 1.807) is 0 Å². The molecule has 0 saturated heterocycles. The van der Waals surface area contributed by atoms with E-state index in [-0.39, 0.29) is 6.10 Å². The number of hydrogen-bond donors (Lipinski definition) is 0. The molecule has 17 heavy (non-hydrogen) atoms. The van der Waals surface area contributed by atoms with Gasteiger partial charge in [-0.1, -0.05) is 11.6 Å². The SMILES string of the molecule is CC(CCCCN(C)C)Oc1ccc(Cl)cc1. The Morgan fingerprint density at radius 2 is 1.82 bits per heavy atom. The minimum absolute atomic E-state index is 0.262. The highest BCUT2D eigenvalue weighted by molar-refractivity contribution is 6.30. The zero-order valence-corrected chi connectivity index (χ0v) is 11.7. The molecule has 96 valence electrons. The van der Waals surface area contributed by atoms with Gasteiger partial charge in [0.05, 0.1) is 6.10 Å². The predicted octanol–water partition coefficient (Wildman–Crippen LogP) is 3.84. The number of nitrogens with zero attached hydrogens (tertiary/aromatic N) is 1. The molecule has 0 aliphatic rings. The van der Waals surface area contributed by atoms with E-state index in [0.29, 0.717) is 0 Å². The molecule has 1 unspecified atom stereocenters. The first kappa shape index (κ1) is 14.3. The van der Waals surface area contributed by atoms with Crippen LogP contribution >= 0.6 is 11.6 Å². The summed E-state index contributed by atoms with van der Waals surface area (Å²) < 4.78 is 5.80. The zero-order chi connectivity index (χ0) is 12.7. The van der Waals surface area contributed by atoms with Crippen molar-refractivity contribution in [2.75, 3.05) is 20.6 Å². The molecule has 1 rings (SSSR count). The molecule has 0 N–H and O–H groups in total. The third-order valence-corrected chi connectivity index (χ3v) is 2.87. The molecule has 0 aliphatic carbocycles. The summed E-state index contributed by atoms with van der Waals surface area (Å²) in [6.45, 7) is 3.26. The minimum atomic E-state index is 0.262. The lowest BCUT2D eigenvalue weighted by molar-refractivity contribution is 0.205. The summed E-state index contributed by atoms with van der Waals surface area (Å²) in [7, 11) is 4.21. The van der Waals surface area contributed by atoms with Gasteiger partial charge in [0.2, 0.25) is 0 Å². The summed E-state index contributed by atoms with van der Waals surface area (Å²) in [5.41, 5.74) is 0. The number of halogens is 1. The van der Waals surface area contributed by atoms with Gasteiger partial charge in [-0.2, -0.15) is 0 Å². The number of rotatable bonds is 7. The molecule has 1 aromatic carbocycles. The topological polar surface area (TPSA) is 12.5 Å². The molecule has 3 heteroatoms. The first-order chi connectivity index (χ1) is 8.08. The second kappa shape index (κ2) is 7.57. The van der Waals surface area contributed by atoms with Crippen molar-refractivity contribution in [3.63, 3.8) is 0 Å². The molecule has 1 atom stereocenters. The Balaban J connectivity index is 2.20. The van der Waals surface area contributed by atoms with E-state index in [4.69, 9.17) is 16.3 Å². The number of unbranched alkanes of at least 4 members (excludes halogenated alkanes) is 1. The Kier molecular flexibility index (Phi) is 6.38. The summed E-state index contributed by atoms with van der Waals surface area (Å²) in [4.78, 5) is 2.21. The molecule has 0 bridgehead atoms. The van der Waals surface area contributed by atoms with Crippen LogP contribution in [0.1, 0.15) is 26.2 Å². The van der Waals surface area contributed by atoms with E-state index in [9.17, 15) is 0 Å². The van der Waals surface area contributed by atoms with Crippen LogP contribution in [0.4, 0.5) is 0 Å². The van der Waals surface area contributed by atoms with E-state index in [1.165, 1.54) is 12.8 Å². The normalized spacial score (nSPS) is 12.8. The number of ether oxygens (including phenoxy) is 1. The average Bonchev–Trinajstić information content (AvgIpc) is 2.27. The van der Waals surface area contributed by atoms with Crippen LogP contribution < -0.4 is 4.74 Å². The Morgan fingerprint density at radius 3 is 2.41 bits per heavy atom. The van der Waals surface area contributed by atoms with Crippen molar-refractivity contribution in [1.29, 1.82) is 0 Å². The van der Waals surface area contributed by atoms with Crippen LogP contribution in [-0.4, -0.2) is 31.6 Å². The molecule has 0 aromatic heterocycles. The summed E-state index contributed by atoms with van der Waals surface area (Å²) in [6.07, 6.45) is 3.78. The molecule has 1 aromatic rings. The fraction of sp³-hybridized carbons (Fsp3) is 0.571. The Labute approximate surface area is 110 Å². The highest BCUT2D eigenvalue weighted by Crippen LogP contribution is 2.18. The van der Waals surface area contributed by atoms with Gasteiger partial charge < -0.3 is 9.64 Å². The Bertz CT molecular complexity index is 311. The Morgan fingerprint density at radius 1 is 1.18 bits per heavy atom. The lowest BCUT2D eigenvalue weighted by atomic mass is 10.1. The van der Waals surface area contributed by atoms with Crippen LogP contribution in [0.3, 0.4) is 0 Å². The van der Waals surface area contributed by atoms with Crippen molar-refractivity contribution in [2.24, 2.45) is 0 Å². The largest absolute Gasteiger partial charge is 0.491 e. The van der Waals surface area contributed by atoms with Crippen LogP contribution in [0, 0.1) is 0 Å². The van der Waals surface area contributed by atoms with Crippen molar-refractivity contribution in [2.45, 2.75) is 32.3 Å². The molecule has 2 nitrogen and oxygen atoms in total. The van der Waals surface area contributed by atoms with Crippen molar-refractivity contribution in [3.05, 3.63) is 29.3 Å². The summed E-state index contributed by atoms with van der Waals surface area (Å²) in [6, 6.07) is 7.54. The second-order valence-electron chi connectivity index (χ2n) is 4.68. The first-order valence-electron chi connectivity index (χ1n) is 6.15. The van der Waals surface area contributed by atoms with Gasteiger partial charge in [-0.25, -0.2) is 0 Å². The van der Waals surface area contributed by atoms with E-state index < -0.39 is 0 Å². The molecule has 0 radical (unpaired) electrons. The molecular weight excluding hydrogens is 234 g/mol. The lowest BCUT2D eigenvalue weighted by Crippen LogP contribution is -2.15. The smallest absolute Gasteiger partial charge is 0.119 e.